The highest BCUT2D eigenvalue weighted by molar-refractivity contribution is 5.94. The van der Waals surface area contributed by atoms with Crippen LogP contribution in [0, 0.1) is 0 Å². The number of aromatic amines is 1. The van der Waals surface area contributed by atoms with Gasteiger partial charge in [0.05, 0.1) is 25.6 Å². The Morgan fingerprint density at radius 1 is 1.18 bits per heavy atom. The Hall–Kier alpha value is -3.61. The van der Waals surface area contributed by atoms with E-state index in [1.165, 1.54) is 0 Å². The van der Waals surface area contributed by atoms with Crippen molar-refractivity contribution in [1.29, 1.82) is 0 Å². The summed E-state index contributed by atoms with van der Waals surface area (Å²) in [7, 11) is 1.60. The van der Waals surface area contributed by atoms with Crippen molar-refractivity contribution < 1.29 is 14.3 Å². The van der Waals surface area contributed by atoms with Gasteiger partial charge in [-0.2, -0.15) is 10.2 Å². The first-order chi connectivity index (χ1) is 13.7. The molecule has 0 radical (unpaired) electrons. The van der Waals surface area contributed by atoms with Gasteiger partial charge in [0.2, 0.25) is 0 Å². The van der Waals surface area contributed by atoms with E-state index >= 15 is 0 Å². The summed E-state index contributed by atoms with van der Waals surface area (Å²) < 4.78 is 10.7. The second kappa shape index (κ2) is 9.36. The van der Waals surface area contributed by atoms with Crippen LogP contribution in [0.1, 0.15) is 29.4 Å². The molecule has 144 valence electrons. The largest absolute Gasteiger partial charge is 0.497 e. The average molecular weight is 378 g/mol. The van der Waals surface area contributed by atoms with Gasteiger partial charge in [-0.15, -0.1) is 0 Å². The standard InChI is InChI=1S/C21H22N4O3/c1-3-11-28-17-9-7-16(8-10-17)19-13-20(24-23-19)21(26)25-22-14-15-5-4-6-18(12-15)27-2/h4-10,12-14H,3,11H2,1-2H3,(H,23,24)(H,25,26)/b22-14-. The molecule has 0 fully saturated rings. The summed E-state index contributed by atoms with van der Waals surface area (Å²) >= 11 is 0. The van der Waals surface area contributed by atoms with Crippen molar-refractivity contribution in [3.63, 3.8) is 0 Å². The van der Waals surface area contributed by atoms with Crippen molar-refractivity contribution in [3.8, 4) is 22.8 Å². The first-order valence-electron chi connectivity index (χ1n) is 8.95. The third kappa shape index (κ3) is 4.97. The van der Waals surface area contributed by atoms with Crippen LogP contribution >= 0.6 is 0 Å². The van der Waals surface area contributed by atoms with E-state index in [0.29, 0.717) is 18.0 Å². The number of aromatic nitrogens is 2. The number of hydrogen-bond donors (Lipinski definition) is 2. The molecule has 0 aliphatic rings. The van der Waals surface area contributed by atoms with E-state index in [-0.39, 0.29) is 5.91 Å². The number of carbonyl (C=O) groups is 1. The van der Waals surface area contributed by atoms with Crippen LogP contribution in [-0.2, 0) is 0 Å². The topological polar surface area (TPSA) is 88.6 Å². The second-order valence-corrected chi connectivity index (χ2v) is 6.02. The molecule has 0 spiro atoms. The highest BCUT2D eigenvalue weighted by atomic mass is 16.5. The monoisotopic (exact) mass is 378 g/mol. The number of nitrogens with zero attached hydrogens (tertiary/aromatic N) is 2. The lowest BCUT2D eigenvalue weighted by atomic mass is 10.1. The van der Waals surface area contributed by atoms with Crippen molar-refractivity contribution in [2.45, 2.75) is 13.3 Å². The molecule has 1 amide bonds. The molecule has 3 aromatic rings. The van der Waals surface area contributed by atoms with Crippen LogP contribution in [0.3, 0.4) is 0 Å². The zero-order valence-corrected chi connectivity index (χ0v) is 15.8. The SMILES string of the molecule is CCCOc1ccc(-c2cc(C(=O)N/N=C\c3cccc(OC)c3)[nH]n2)cc1. The minimum atomic E-state index is -0.374. The second-order valence-electron chi connectivity index (χ2n) is 6.02. The van der Waals surface area contributed by atoms with Crippen molar-refractivity contribution in [2.24, 2.45) is 5.10 Å². The lowest BCUT2D eigenvalue weighted by Crippen LogP contribution is -2.18. The van der Waals surface area contributed by atoms with Gasteiger partial charge in [0, 0.05) is 5.56 Å². The minimum absolute atomic E-state index is 0.323. The molecule has 1 heterocycles. The maximum atomic E-state index is 12.2. The molecule has 0 bridgehead atoms. The number of amides is 1. The maximum absolute atomic E-state index is 12.2. The van der Waals surface area contributed by atoms with E-state index in [0.717, 1.165) is 29.0 Å². The van der Waals surface area contributed by atoms with Crippen molar-refractivity contribution >= 4 is 12.1 Å². The van der Waals surface area contributed by atoms with Crippen LogP contribution in [0.25, 0.3) is 11.3 Å². The van der Waals surface area contributed by atoms with E-state index in [2.05, 4.69) is 27.6 Å². The summed E-state index contributed by atoms with van der Waals surface area (Å²) in [4.78, 5) is 12.2. The molecule has 0 aliphatic heterocycles. The Morgan fingerprint density at radius 2 is 2.00 bits per heavy atom. The quantitative estimate of drug-likeness (QED) is 0.463. The van der Waals surface area contributed by atoms with Crippen molar-refractivity contribution in [1.82, 2.24) is 15.6 Å². The van der Waals surface area contributed by atoms with Gasteiger partial charge in [-0.1, -0.05) is 19.1 Å². The summed E-state index contributed by atoms with van der Waals surface area (Å²) in [5.74, 6) is 1.16. The number of benzene rings is 2. The van der Waals surface area contributed by atoms with Gasteiger partial charge < -0.3 is 9.47 Å². The first kappa shape index (κ1) is 19.2. The summed E-state index contributed by atoms with van der Waals surface area (Å²) in [6.07, 6.45) is 2.51. The van der Waals surface area contributed by atoms with Crippen LogP contribution in [-0.4, -0.2) is 36.0 Å². The van der Waals surface area contributed by atoms with E-state index in [1.54, 1.807) is 19.4 Å². The smallest absolute Gasteiger partial charge is 0.289 e. The number of H-pyrrole nitrogens is 1. The van der Waals surface area contributed by atoms with Gasteiger partial charge in [-0.3, -0.25) is 9.89 Å². The van der Waals surface area contributed by atoms with E-state index in [1.807, 2.05) is 48.5 Å². The molecule has 7 nitrogen and oxygen atoms in total. The van der Waals surface area contributed by atoms with E-state index < -0.39 is 0 Å². The number of hydrogen-bond acceptors (Lipinski definition) is 5. The minimum Gasteiger partial charge on any atom is -0.497 e. The maximum Gasteiger partial charge on any atom is 0.289 e. The molecular formula is C21H22N4O3. The van der Waals surface area contributed by atoms with Gasteiger partial charge >= 0.3 is 0 Å². The van der Waals surface area contributed by atoms with Gasteiger partial charge in [0.25, 0.3) is 5.91 Å². The number of rotatable bonds is 8. The molecule has 2 N–H and O–H groups in total. The van der Waals surface area contributed by atoms with Gasteiger partial charge in [0.15, 0.2) is 0 Å². The molecule has 3 rings (SSSR count). The Labute approximate surface area is 163 Å². The van der Waals surface area contributed by atoms with Gasteiger partial charge in [0.1, 0.15) is 17.2 Å². The van der Waals surface area contributed by atoms with Crippen LogP contribution in [0.15, 0.2) is 59.7 Å². The lowest BCUT2D eigenvalue weighted by Gasteiger charge is -2.04. The Morgan fingerprint density at radius 3 is 2.75 bits per heavy atom. The number of carbonyl (C=O) groups excluding carboxylic acids is 1. The molecule has 0 unspecified atom stereocenters. The molecule has 0 saturated carbocycles. The zero-order valence-electron chi connectivity index (χ0n) is 15.8. The summed E-state index contributed by atoms with van der Waals surface area (Å²) in [6, 6.07) is 16.6. The van der Waals surface area contributed by atoms with Crippen molar-refractivity contribution in [2.75, 3.05) is 13.7 Å². The predicted octanol–water partition coefficient (Wildman–Crippen LogP) is 3.64. The molecule has 0 aliphatic carbocycles. The summed E-state index contributed by atoms with van der Waals surface area (Å²) in [5, 5.41) is 10.9. The lowest BCUT2D eigenvalue weighted by molar-refractivity contribution is 0.0950. The Kier molecular flexibility index (Phi) is 6.41. The fourth-order valence-electron chi connectivity index (χ4n) is 2.48. The van der Waals surface area contributed by atoms with Crippen LogP contribution < -0.4 is 14.9 Å². The summed E-state index contributed by atoms with van der Waals surface area (Å²) in [6.45, 7) is 2.74. The third-order valence-corrected chi connectivity index (χ3v) is 3.92. The molecule has 7 heteroatoms. The molecule has 1 aromatic heterocycles. The Balaban J connectivity index is 1.61. The number of ether oxygens (including phenoxy) is 2. The van der Waals surface area contributed by atoms with Crippen LogP contribution in [0.5, 0.6) is 11.5 Å². The predicted molar refractivity (Wildman–Crippen MR) is 108 cm³/mol. The number of nitrogens with one attached hydrogen (secondary N) is 2. The molecule has 2 aromatic carbocycles. The zero-order chi connectivity index (χ0) is 19.8. The molecular weight excluding hydrogens is 356 g/mol. The third-order valence-electron chi connectivity index (χ3n) is 3.92. The van der Waals surface area contributed by atoms with Gasteiger partial charge in [-0.05, 0) is 54.4 Å². The normalized spacial score (nSPS) is 10.8. The molecule has 28 heavy (non-hydrogen) atoms. The van der Waals surface area contributed by atoms with Gasteiger partial charge in [-0.25, -0.2) is 5.43 Å². The first-order valence-corrected chi connectivity index (χ1v) is 8.95. The fourth-order valence-corrected chi connectivity index (χ4v) is 2.48. The van der Waals surface area contributed by atoms with Crippen LogP contribution in [0.2, 0.25) is 0 Å². The number of methoxy groups -OCH3 is 1. The van der Waals surface area contributed by atoms with Crippen molar-refractivity contribution in [3.05, 3.63) is 65.9 Å². The highest BCUT2D eigenvalue weighted by Crippen LogP contribution is 2.21. The van der Waals surface area contributed by atoms with E-state index in [4.69, 9.17) is 9.47 Å². The Bertz CT molecular complexity index is 948. The van der Waals surface area contributed by atoms with Crippen LogP contribution in [0.4, 0.5) is 0 Å². The highest BCUT2D eigenvalue weighted by Gasteiger charge is 2.10. The number of hydrazone groups is 1. The molecule has 0 atom stereocenters. The average Bonchev–Trinajstić information content (AvgIpc) is 3.23. The summed E-state index contributed by atoms with van der Waals surface area (Å²) in [5.41, 5.74) is 5.18. The molecule has 0 saturated heterocycles. The van der Waals surface area contributed by atoms with E-state index in [9.17, 15) is 4.79 Å². The fraction of sp³-hybridized carbons (Fsp3) is 0.190.